The number of nitrogens with zero attached hydrogens (tertiary/aromatic N) is 2. The molecule has 0 aliphatic heterocycles. The molecule has 0 spiro atoms. The van der Waals surface area contributed by atoms with E-state index in [0.29, 0.717) is 10.8 Å². The van der Waals surface area contributed by atoms with Crippen LogP contribution in [-0.4, -0.2) is 17.1 Å². The number of halogens is 2. The molecule has 0 aliphatic rings. The molecule has 6 heteroatoms. The fraction of sp³-hybridized carbons (Fsp3) is 0.0667. The summed E-state index contributed by atoms with van der Waals surface area (Å²) in [6, 6.07) is 12.0. The van der Waals surface area contributed by atoms with Gasteiger partial charge >= 0.3 is 6.01 Å². The van der Waals surface area contributed by atoms with E-state index >= 15 is 0 Å². The lowest BCUT2D eigenvalue weighted by atomic mass is 10.1. The smallest absolute Gasteiger partial charge is 0.319 e. The molecule has 0 atom stereocenters. The highest BCUT2D eigenvalue weighted by Crippen LogP contribution is 2.37. The van der Waals surface area contributed by atoms with E-state index in [2.05, 4.69) is 25.9 Å². The van der Waals surface area contributed by atoms with Crippen molar-refractivity contribution < 1.29 is 9.47 Å². The third kappa shape index (κ3) is 2.80. The van der Waals surface area contributed by atoms with Gasteiger partial charge in [0.25, 0.3) is 0 Å². The molecule has 21 heavy (non-hydrogen) atoms. The van der Waals surface area contributed by atoms with Crippen LogP contribution in [0.15, 0.2) is 47.1 Å². The normalized spacial score (nSPS) is 10.6. The highest BCUT2D eigenvalue weighted by atomic mass is 79.9. The number of methoxy groups -OCH3 is 1. The van der Waals surface area contributed by atoms with Crippen molar-refractivity contribution in [2.45, 2.75) is 0 Å². The predicted molar refractivity (Wildman–Crippen MR) is 85.3 cm³/mol. The van der Waals surface area contributed by atoms with E-state index in [1.807, 2.05) is 36.4 Å². The molecule has 4 nitrogen and oxygen atoms in total. The van der Waals surface area contributed by atoms with Crippen molar-refractivity contribution in [3.8, 4) is 17.6 Å². The van der Waals surface area contributed by atoms with Crippen LogP contribution in [0.3, 0.4) is 0 Å². The van der Waals surface area contributed by atoms with Gasteiger partial charge in [-0.25, -0.2) is 4.98 Å². The van der Waals surface area contributed by atoms with Crippen LogP contribution in [0.25, 0.3) is 10.8 Å². The summed E-state index contributed by atoms with van der Waals surface area (Å²) < 4.78 is 11.6. The van der Waals surface area contributed by atoms with Gasteiger partial charge in [-0.3, -0.25) is 0 Å². The van der Waals surface area contributed by atoms with Crippen molar-refractivity contribution >= 4 is 38.3 Å². The molecule has 0 saturated carbocycles. The number of aromatic nitrogens is 2. The minimum absolute atomic E-state index is 0.200. The van der Waals surface area contributed by atoms with Gasteiger partial charge in [-0.15, -0.1) is 0 Å². The molecule has 1 heterocycles. The fourth-order valence-electron chi connectivity index (χ4n) is 1.90. The highest BCUT2D eigenvalue weighted by Gasteiger charge is 2.12. The van der Waals surface area contributed by atoms with Crippen molar-refractivity contribution in [1.29, 1.82) is 0 Å². The molecular formula is C15H10BrClN2O2. The Hall–Kier alpha value is -1.85. The molecule has 3 aromatic rings. The quantitative estimate of drug-likeness (QED) is 0.666. The zero-order chi connectivity index (χ0) is 14.8. The standard InChI is InChI=1S/C15H10BrClN2O2/c1-20-15-18-8-11(17)14(19-15)21-12-7-6-9-4-2-3-5-10(9)13(12)16/h2-8H,1H3. The summed E-state index contributed by atoms with van der Waals surface area (Å²) in [5, 5.41) is 2.48. The van der Waals surface area contributed by atoms with E-state index in [4.69, 9.17) is 21.1 Å². The maximum atomic E-state index is 6.05. The molecule has 0 fully saturated rings. The zero-order valence-corrected chi connectivity index (χ0v) is 13.4. The highest BCUT2D eigenvalue weighted by molar-refractivity contribution is 9.10. The van der Waals surface area contributed by atoms with E-state index in [-0.39, 0.29) is 11.9 Å². The van der Waals surface area contributed by atoms with Gasteiger partial charge in [-0.2, -0.15) is 4.98 Å². The van der Waals surface area contributed by atoms with Crippen LogP contribution in [0.5, 0.6) is 17.6 Å². The third-order valence-corrected chi connectivity index (χ3v) is 3.98. The molecule has 0 bridgehead atoms. The number of rotatable bonds is 3. The van der Waals surface area contributed by atoms with E-state index in [1.165, 1.54) is 13.3 Å². The van der Waals surface area contributed by atoms with Gasteiger partial charge in [0, 0.05) is 0 Å². The first kappa shape index (κ1) is 14.1. The maximum Gasteiger partial charge on any atom is 0.319 e. The van der Waals surface area contributed by atoms with Crippen LogP contribution in [0.1, 0.15) is 0 Å². The summed E-state index contributed by atoms with van der Waals surface area (Å²) in [6.45, 7) is 0. The Morgan fingerprint density at radius 1 is 1.14 bits per heavy atom. The lowest BCUT2D eigenvalue weighted by Crippen LogP contribution is -1.96. The topological polar surface area (TPSA) is 44.2 Å². The van der Waals surface area contributed by atoms with Gasteiger partial charge in [-0.05, 0) is 32.8 Å². The number of hydrogen-bond acceptors (Lipinski definition) is 4. The van der Waals surface area contributed by atoms with Crippen LogP contribution < -0.4 is 9.47 Å². The van der Waals surface area contributed by atoms with Crippen molar-refractivity contribution in [2.24, 2.45) is 0 Å². The van der Waals surface area contributed by atoms with Gasteiger partial charge < -0.3 is 9.47 Å². The molecule has 2 aromatic carbocycles. The average molecular weight is 366 g/mol. The van der Waals surface area contributed by atoms with Crippen molar-refractivity contribution in [3.05, 3.63) is 52.1 Å². The first-order valence-corrected chi connectivity index (χ1v) is 7.28. The van der Waals surface area contributed by atoms with Crippen molar-refractivity contribution in [3.63, 3.8) is 0 Å². The van der Waals surface area contributed by atoms with E-state index in [1.54, 1.807) is 0 Å². The van der Waals surface area contributed by atoms with Gasteiger partial charge in [0.2, 0.25) is 5.88 Å². The van der Waals surface area contributed by atoms with Crippen LogP contribution in [0.2, 0.25) is 5.02 Å². The largest absolute Gasteiger partial charge is 0.467 e. The minimum Gasteiger partial charge on any atom is -0.467 e. The lowest BCUT2D eigenvalue weighted by Gasteiger charge is -2.10. The van der Waals surface area contributed by atoms with Gasteiger partial charge in [0.05, 0.1) is 17.8 Å². The monoisotopic (exact) mass is 364 g/mol. The van der Waals surface area contributed by atoms with E-state index in [9.17, 15) is 0 Å². The average Bonchev–Trinajstić information content (AvgIpc) is 2.52. The second kappa shape index (κ2) is 5.87. The summed E-state index contributed by atoms with van der Waals surface area (Å²) in [6.07, 6.45) is 1.44. The van der Waals surface area contributed by atoms with Crippen LogP contribution in [0, 0.1) is 0 Å². The Labute approximate surface area is 134 Å². The molecule has 3 rings (SSSR count). The maximum absolute atomic E-state index is 6.05. The van der Waals surface area contributed by atoms with Crippen molar-refractivity contribution in [2.75, 3.05) is 7.11 Å². The predicted octanol–water partition coefficient (Wildman–Crippen LogP) is 4.85. The molecule has 0 aliphatic carbocycles. The van der Waals surface area contributed by atoms with E-state index in [0.717, 1.165) is 15.2 Å². The number of benzene rings is 2. The minimum atomic E-state index is 0.200. The summed E-state index contributed by atoms with van der Waals surface area (Å²) >= 11 is 9.61. The molecule has 0 amide bonds. The molecule has 1 aromatic heterocycles. The van der Waals surface area contributed by atoms with Crippen LogP contribution in [0.4, 0.5) is 0 Å². The Morgan fingerprint density at radius 3 is 2.76 bits per heavy atom. The molecule has 106 valence electrons. The van der Waals surface area contributed by atoms with Crippen LogP contribution in [-0.2, 0) is 0 Å². The van der Waals surface area contributed by atoms with Gasteiger partial charge in [-0.1, -0.05) is 41.9 Å². The SMILES string of the molecule is COc1ncc(Cl)c(Oc2ccc3ccccc3c2Br)n1. The van der Waals surface area contributed by atoms with Crippen molar-refractivity contribution in [1.82, 2.24) is 9.97 Å². The Bertz CT molecular complexity index is 811. The molecule has 0 radical (unpaired) electrons. The van der Waals surface area contributed by atoms with Crippen LogP contribution >= 0.6 is 27.5 Å². The molecular weight excluding hydrogens is 356 g/mol. The van der Waals surface area contributed by atoms with Gasteiger partial charge in [0.15, 0.2) is 0 Å². The number of ether oxygens (including phenoxy) is 2. The fourth-order valence-corrected chi connectivity index (χ4v) is 2.61. The first-order chi connectivity index (χ1) is 10.2. The summed E-state index contributed by atoms with van der Waals surface area (Å²) in [5.74, 6) is 0.871. The first-order valence-electron chi connectivity index (χ1n) is 6.10. The molecule has 0 N–H and O–H groups in total. The summed E-state index contributed by atoms with van der Waals surface area (Å²) in [7, 11) is 1.49. The van der Waals surface area contributed by atoms with Gasteiger partial charge in [0.1, 0.15) is 10.8 Å². The second-order valence-electron chi connectivity index (χ2n) is 4.21. The Balaban J connectivity index is 2.04. The molecule has 0 saturated heterocycles. The zero-order valence-electron chi connectivity index (χ0n) is 11.0. The van der Waals surface area contributed by atoms with E-state index < -0.39 is 0 Å². The summed E-state index contributed by atoms with van der Waals surface area (Å²) in [4.78, 5) is 8.01. The Morgan fingerprint density at radius 2 is 1.95 bits per heavy atom. The lowest BCUT2D eigenvalue weighted by molar-refractivity contribution is 0.366. The summed E-state index contributed by atoms with van der Waals surface area (Å²) in [5.41, 5.74) is 0. The number of hydrogen-bond donors (Lipinski definition) is 0. The number of fused-ring (bicyclic) bond motifs is 1. The molecule has 0 unspecified atom stereocenters. The third-order valence-electron chi connectivity index (χ3n) is 2.91. The second-order valence-corrected chi connectivity index (χ2v) is 5.41. The Kier molecular flexibility index (Phi) is 3.94.